The van der Waals surface area contributed by atoms with Crippen LogP contribution in [0.1, 0.15) is 0 Å². The van der Waals surface area contributed by atoms with Gasteiger partial charge in [0.15, 0.2) is 0 Å². The molecule has 5 aromatic rings. The molecule has 5 heterocycles. The van der Waals surface area contributed by atoms with Crippen LogP contribution < -0.4 is 0 Å². The van der Waals surface area contributed by atoms with Gasteiger partial charge in [-0.05, 0) is 48.5 Å². The van der Waals surface area contributed by atoms with Crippen LogP contribution in [-0.2, 0) is 0 Å². The summed E-state index contributed by atoms with van der Waals surface area (Å²) in [6.45, 7) is 0. The minimum Gasteiger partial charge on any atom is -0.255 e. The van der Waals surface area contributed by atoms with Crippen molar-refractivity contribution in [3.8, 4) is 45.6 Å². The minimum atomic E-state index is 0.680. The molecule has 142 valence electrons. The fraction of sp³-hybridized carbons (Fsp3) is 0. The lowest BCUT2D eigenvalue weighted by Crippen LogP contribution is -1.97. The summed E-state index contributed by atoms with van der Waals surface area (Å²) in [6.07, 6.45) is 6.83. The van der Waals surface area contributed by atoms with Gasteiger partial charge in [-0.1, -0.05) is 24.3 Å². The van der Waals surface area contributed by atoms with Crippen molar-refractivity contribution >= 4 is 0 Å². The zero-order valence-electron chi connectivity index (χ0n) is 15.9. The van der Waals surface area contributed by atoms with E-state index in [1.54, 1.807) is 24.8 Å². The molecule has 0 atom stereocenters. The van der Waals surface area contributed by atoms with Crippen molar-refractivity contribution in [2.45, 2.75) is 0 Å². The van der Waals surface area contributed by atoms with E-state index >= 15 is 0 Å². The maximum absolute atomic E-state index is 4.82. The summed E-state index contributed by atoms with van der Waals surface area (Å²) in [7, 11) is 0. The number of pyridine rings is 4. The molecule has 0 saturated carbocycles. The van der Waals surface area contributed by atoms with E-state index in [1.807, 2.05) is 72.8 Å². The summed E-state index contributed by atoms with van der Waals surface area (Å²) in [5.74, 6) is 0. The normalized spacial score (nSPS) is 10.7. The van der Waals surface area contributed by atoms with Gasteiger partial charge in [-0.15, -0.1) is 0 Å². The largest absolute Gasteiger partial charge is 0.255 e. The molecule has 0 aliphatic heterocycles. The Hall–Kier alpha value is -4.32. The predicted molar refractivity (Wildman–Crippen MR) is 115 cm³/mol. The first kappa shape index (κ1) is 17.8. The van der Waals surface area contributed by atoms with Crippen LogP contribution in [0.15, 0.2) is 97.6 Å². The van der Waals surface area contributed by atoms with Crippen molar-refractivity contribution in [3.63, 3.8) is 0 Å². The third-order valence-electron chi connectivity index (χ3n) is 4.54. The Kier molecular flexibility index (Phi) is 4.72. The van der Waals surface area contributed by atoms with E-state index in [4.69, 9.17) is 9.97 Å². The van der Waals surface area contributed by atoms with E-state index in [1.165, 1.54) is 0 Å². The lowest BCUT2D eigenvalue weighted by molar-refractivity contribution is 1.15. The highest BCUT2D eigenvalue weighted by atomic mass is 14.9. The van der Waals surface area contributed by atoms with Gasteiger partial charge in [0.2, 0.25) is 0 Å². The first-order chi connectivity index (χ1) is 14.9. The molecule has 0 radical (unpaired) electrons. The standard InChI is InChI=1S/C24H16N6/c1-3-13-25-17(7-1)18-9-5-10-19(29-18)20-11-6-12-22(30-20)24-23(27-15-16-28-24)21-8-2-4-14-26-21/h1-16H. The van der Waals surface area contributed by atoms with Crippen LogP contribution in [0.25, 0.3) is 45.6 Å². The summed E-state index contributed by atoms with van der Waals surface area (Å²) < 4.78 is 0. The van der Waals surface area contributed by atoms with Crippen molar-refractivity contribution in [2.24, 2.45) is 0 Å². The van der Waals surface area contributed by atoms with Gasteiger partial charge in [0.05, 0.1) is 34.2 Å². The molecule has 0 N–H and O–H groups in total. The van der Waals surface area contributed by atoms with Gasteiger partial charge < -0.3 is 0 Å². The third-order valence-corrected chi connectivity index (χ3v) is 4.54. The number of hydrogen-bond donors (Lipinski definition) is 0. The SMILES string of the molecule is c1ccc(-c2cccc(-c3cccc(-c4nccnc4-c4ccccn4)n3)n2)nc1. The van der Waals surface area contributed by atoms with Crippen LogP contribution in [-0.4, -0.2) is 29.9 Å². The molecule has 30 heavy (non-hydrogen) atoms. The van der Waals surface area contributed by atoms with Crippen LogP contribution in [0, 0.1) is 0 Å². The fourth-order valence-corrected chi connectivity index (χ4v) is 3.16. The van der Waals surface area contributed by atoms with Crippen molar-refractivity contribution < 1.29 is 0 Å². The number of rotatable bonds is 4. The molecule has 0 fully saturated rings. The molecule has 0 saturated heterocycles. The maximum atomic E-state index is 4.82. The number of hydrogen-bond acceptors (Lipinski definition) is 6. The van der Waals surface area contributed by atoms with Crippen LogP contribution in [0.3, 0.4) is 0 Å². The van der Waals surface area contributed by atoms with Crippen molar-refractivity contribution in [1.82, 2.24) is 29.9 Å². The molecule has 0 aliphatic rings. The summed E-state index contributed by atoms with van der Waals surface area (Å²) in [6, 6.07) is 23.1. The molecule has 0 spiro atoms. The fourth-order valence-electron chi connectivity index (χ4n) is 3.16. The average Bonchev–Trinajstić information content (AvgIpc) is 2.85. The van der Waals surface area contributed by atoms with E-state index in [2.05, 4.69) is 19.9 Å². The Morgan fingerprint density at radius 2 is 0.800 bits per heavy atom. The van der Waals surface area contributed by atoms with Crippen LogP contribution in [0.4, 0.5) is 0 Å². The van der Waals surface area contributed by atoms with E-state index in [-0.39, 0.29) is 0 Å². The Morgan fingerprint density at radius 1 is 0.333 bits per heavy atom. The highest BCUT2D eigenvalue weighted by Gasteiger charge is 2.14. The van der Waals surface area contributed by atoms with Crippen LogP contribution >= 0.6 is 0 Å². The summed E-state index contributed by atoms with van der Waals surface area (Å²) in [5.41, 5.74) is 5.98. The lowest BCUT2D eigenvalue weighted by Gasteiger charge is -2.08. The smallest absolute Gasteiger partial charge is 0.116 e. The Bertz CT molecular complexity index is 1290. The molecule has 0 aliphatic carbocycles. The predicted octanol–water partition coefficient (Wildman–Crippen LogP) is 4.72. The van der Waals surface area contributed by atoms with Gasteiger partial charge in [0.25, 0.3) is 0 Å². The quantitative estimate of drug-likeness (QED) is 0.443. The van der Waals surface area contributed by atoms with Gasteiger partial charge in [-0.3, -0.25) is 19.9 Å². The Morgan fingerprint density at radius 3 is 1.40 bits per heavy atom. The van der Waals surface area contributed by atoms with Gasteiger partial charge in [-0.25, -0.2) is 9.97 Å². The minimum absolute atomic E-state index is 0.680. The first-order valence-corrected chi connectivity index (χ1v) is 9.47. The van der Waals surface area contributed by atoms with Crippen LogP contribution in [0.5, 0.6) is 0 Å². The summed E-state index contributed by atoms with van der Waals surface area (Å²) in [4.78, 5) is 27.4. The molecule has 5 aromatic heterocycles. The van der Waals surface area contributed by atoms with Crippen molar-refractivity contribution in [3.05, 3.63) is 97.6 Å². The second kappa shape index (κ2) is 7.97. The van der Waals surface area contributed by atoms with E-state index < -0.39 is 0 Å². The maximum Gasteiger partial charge on any atom is 0.116 e. The second-order valence-corrected chi connectivity index (χ2v) is 6.50. The first-order valence-electron chi connectivity index (χ1n) is 9.47. The third kappa shape index (κ3) is 3.54. The molecule has 0 amide bonds. The number of nitrogens with zero attached hydrogens (tertiary/aromatic N) is 6. The molecule has 0 aromatic carbocycles. The monoisotopic (exact) mass is 388 g/mol. The average molecular weight is 388 g/mol. The summed E-state index contributed by atoms with van der Waals surface area (Å²) in [5, 5.41) is 0. The van der Waals surface area contributed by atoms with Gasteiger partial charge >= 0.3 is 0 Å². The lowest BCUT2D eigenvalue weighted by atomic mass is 10.1. The van der Waals surface area contributed by atoms with E-state index in [0.29, 0.717) is 17.1 Å². The molecule has 6 nitrogen and oxygen atoms in total. The van der Waals surface area contributed by atoms with Crippen LogP contribution in [0.2, 0.25) is 0 Å². The van der Waals surface area contributed by atoms with Gasteiger partial charge in [0, 0.05) is 24.8 Å². The second-order valence-electron chi connectivity index (χ2n) is 6.50. The van der Waals surface area contributed by atoms with E-state index in [9.17, 15) is 0 Å². The topological polar surface area (TPSA) is 77.3 Å². The molecule has 5 rings (SSSR count). The van der Waals surface area contributed by atoms with Gasteiger partial charge in [0.1, 0.15) is 11.4 Å². The molecule has 0 unspecified atom stereocenters. The molecule has 0 bridgehead atoms. The molecular weight excluding hydrogens is 372 g/mol. The molecular formula is C24H16N6. The Labute approximate surface area is 173 Å². The molecule has 6 heteroatoms. The van der Waals surface area contributed by atoms with Crippen molar-refractivity contribution in [2.75, 3.05) is 0 Å². The zero-order valence-corrected chi connectivity index (χ0v) is 15.9. The van der Waals surface area contributed by atoms with Gasteiger partial charge in [-0.2, -0.15) is 0 Å². The zero-order chi connectivity index (χ0) is 20.2. The van der Waals surface area contributed by atoms with Crippen molar-refractivity contribution in [1.29, 1.82) is 0 Å². The van der Waals surface area contributed by atoms with E-state index in [0.717, 1.165) is 28.5 Å². The number of aromatic nitrogens is 6. The summed E-state index contributed by atoms with van der Waals surface area (Å²) >= 11 is 0. The highest BCUT2D eigenvalue weighted by Crippen LogP contribution is 2.27. The highest BCUT2D eigenvalue weighted by molar-refractivity contribution is 5.75. The Balaban J connectivity index is 1.57.